The van der Waals surface area contributed by atoms with Gasteiger partial charge in [0.1, 0.15) is 0 Å². The lowest BCUT2D eigenvalue weighted by atomic mass is 10.1. The maximum atomic E-state index is 13.0. The molecule has 0 bridgehead atoms. The molecule has 2 aromatic carbocycles. The number of pyridine rings is 1. The van der Waals surface area contributed by atoms with Gasteiger partial charge in [0, 0.05) is 39.8 Å². The molecular formula is C22H16Cl2N2O2S. The third-order valence-corrected chi connectivity index (χ3v) is 5.95. The van der Waals surface area contributed by atoms with E-state index in [1.807, 2.05) is 31.2 Å². The molecule has 1 amide bonds. The van der Waals surface area contributed by atoms with Crippen LogP contribution in [0, 0.1) is 18.8 Å². The van der Waals surface area contributed by atoms with Crippen LogP contribution in [-0.2, 0) is 9.73 Å². The van der Waals surface area contributed by atoms with Gasteiger partial charge in [-0.15, -0.1) is 0 Å². The lowest BCUT2D eigenvalue weighted by Gasteiger charge is -2.05. The first-order valence-electron chi connectivity index (χ1n) is 8.49. The number of halogens is 2. The Labute approximate surface area is 180 Å². The molecule has 0 radical (unpaired) electrons. The van der Waals surface area contributed by atoms with Gasteiger partial charge in [0.15, 0.2) is 0 Å². The zero-order valence-electron chi connectivity index (χ0n) is 15.6. The van der Waals surface area contributed by atoms with E-state index in [2.05, 4.69) is 21.2 Å². The zero-order chi connectivity index (χ0) is 21.0. The van der Waals surface area contributed by atoms with Gasteiger partial charge in [0.25, 0.3) is 5.91 Å². The molecule has 7 heteroatoms. The van der Waals surface area contributed by atoms with E-state index in [9.17, 15) is 9.00 Å². The van der Waals surface area contributed by atoms with Crippen molar-refractivity contribution < 1.29 is 9.00 Å². The highest BCUT2D eigenvalue weighted by Gasteiger charge is 2.13. The summed E-state index contributed by atoms with van der Waals surface area (Å²) < 4.78 is 16.8. The number of nitrogens with zero attached hydrogens (tertiary/aromatic N) is 2. The van der Waals surface area contributed by atoms with Crippen molar-refractivity contribution in [1.82, 2.24) is 4.98 Å². The number of hydrogen-bond donors (Lipinski definition) is 0. The molecule has 0 aliphatic rings. The van der Waals surface area contributed by atoms with Crippen LogP contribution in [0.15, 0.2) is 70.2 Å². The molecule has 0 saturated carbocycles. The number of carbonyl (C=O) groups is 1. The lowest BCUT2D eigenvalue weighted by molar-refractivity contribution is 0.100. The number of aromatic nitrogens is 1. The molecule has 1 heterocycles. The van der Waals surface area contributed by atoms with Crippen LogP contribution >= 0.6 is 23.2 Å². The Morgan fingerprint density at radius 2 is 1.69 bits per heavy atom. The van der Waals surface area contributed by atoms with Crippen molar-refractivity contribution in [2.45, 2.75) is 11.8 Å². The standard InChI is InChI=1S/C22H16Cl2N2O2S/c1-15-4-3-5-16(8-15)6-7-17-9-18(14-25-13-17)22(27)26-29(2,28)21-11-19(23)10-20(24)12-21/h3-5,8-14H,1-2H3. The van der Waals surface area contributed by atoms with Crippen molar-refractivity contribution in [1.29, 1.82) is 0 Å². The fourth-order valence-corrected chi connectivity index (χ4v) is 4.38. The highest BCUT2D eigenvalue weighted by atomic mass is 35.5. The Kier molecular flexibility index (Phi) is 6.39. The van der Waals surface area contributed by atoms with Gasteiger partial charge < -0.3 is 0 Å². The summed E-state index contributed by atoms with van der Waals surface area (Å²) in [6, 6.07) is 13.8. The number of amides is 1. The van der Waals surface area contributed by atoms with Crippen molar-refractivity contribution in [2.24, 2.45) is 4.36 Å². The minimum Gasteiger partial charge on any atom is -0.266 e. The van der Waals surface area contributed by atoms with Crippen LogP contribution in [0.25, 0.3) is 0 Å². The summed E-state index contributed by atoms with van der Waals surface area (Å²) in [4.78, 5) is 16.9. The van der Waals surface area contributed by atoms with Crippen LogP contribution in [0.2, 0.25) is 10.0 Å². The number of hydrogen-bond acceptors (Lipinski definition) is 3. The molecule has 146 valence electrons. The van der Waals surface area contributed by atoms with Crippen molar-refractivity contribution in [3.63, 3.8) is 0 Å². The average molecular weight is 443 g/mol. The molecule has 1 atom stereocenters. The van der Waals surface area contributed by atoms with E-state index < -0.39 is 15.6 Å². The largest absolute Gasteiger partial charge is 0.286 e. The van der Waals surface area contributed by atoms with Gasteiger partial charge in [-0.2, -0.15) is 4.36 Å². The molecule has 0 N–H and O–H groups in total. The lowest BCUT2D eigenvalue weighted by Crippen LogP contribution is -2.04. The van der Waals surface area contributed by atoms with Crippen molar-refractivity contribution >= 4 is 38.8 Å². The second-order valence-corrected chi connectivity index (χ2v) is 9.52. The van der Waals surface area contributed by atoms with Crippen molar-refractivity contribution in [3.05, 3.63) is 93.2 Å². The molecule has 0 aliphatic carbocycles. The van der Waals surface area contributed by atoms with Crippen LogP contribution < -0.4 is 0 Å². The summed E-state index contributed by atoms with van der Waals surface area (Å²) in [5.74, 6) is 5.36. The second kappa shape index (κ2) is 8.79. The Morgan fingerprint density at radius 3 is 2.38 bits per heavy atom. The molecule has 4 nitrogen and oxygen atoms in total. The summed E-state index contributed by atoms with van der Waals surface area (Å²) in [7, 11) is -3.03. The molecular weight excluding hydrogens is 427 g/mol. The molecule has 0 saturated heterocycles. The predicted molar refractivity (Wildman–Crippen MR) is 117 cm³/mol. The van der Waals surface area contributed by atoms with E-state index in [1.54, 1.807) is 12.3 Å². The van der Waals surface area contributed by atoms with Gasteiger partial charge in [-0.05, 0) is 48.9 Å². The van der Waals surface area contributed by atoms with E-state index in [-0.39, 0.29) is 10.5 Å². The third kappa shape index (κ3) is 5.68. The van der Waals surface area contributed by atoms with Gasteiger partial charge in [-0.1, -0.05) is 47.2 Å². The third-order valence-electron chi connectivity index (χ3n) is 3.88. The maximum Gasteiger partial charge on any atom is 0.286 e. The van der Waals surface area contributed by atoms with Gasteiger partial charge in [-0.25, -0.2) is 4.21 Å². The second-order valence-electron chi connectivity index (χ2n) is 6.39. The summed E-state index contributed by atoms with van der Waals surface area (Å²) in [6.07, 6.45) is 4.28. The Hall–Kier alpha value is -2.65. The van der Waals surface area contributed by atoms with E-state index in [1.165, 1.54) is 30.7 Å². The fraction of sp³-hybridized carbons (Fsp3) is 0.0909. The Bertz CT molecular complexity index is 1260. The number of rotatable bonds is 2. The molecule has 3 rings (SSSR count). The maximum absolute atomic E-state index is 13.0. The SMILES string of the molecule is Cc1cccc(C#Cc2cncc(C(=O)N=S(C)(=O)c3cc(Cl)cc(Cl)c3)c2)c1. The summed E-state index contributed by atoms with van der Waals surface area (Å²) >= 11 is 11.9. The Morgan fingerprint density at radius 1 is 1.00 bits per heavy atom. The molecule has 0 spiro atoms. The summed E-state index contributed by atoms with van der Waals surface area (Å²) in [5.41, 5.74) is 2.72. The monoisotopic (exact) mass is 442 g/mol. The normalized spacial score (nSPS) is 12.4. The van der Waals surface area contributed by atoms with Gasteiger partial charge in [0.2, 0.25) is 0 Å². The first-order chi connectivity index (χ1) is 13.7. The molecule has 1 aromatic heterocycles. The van der Waals surface area contributed by atoms with Gasteiger partial charge in [0.05, 0.1) is 20.2 Å². The van der Waals surface area contributed by atoms with Crippen molar-refractivity contribution in [2.75, 3.05) is 6.26 Å². The van der Waals surface area contributed by atoms with Crippen LogP contribution in [0.4, 0.5) is 0 Å². The van der Waals surface area contributed by atoms with E-state index in [0.29, 0.717) is 15.6 Å². The number of aryl methyl sites for hydroxylation is 1. The summed E-state index contributed by atoms with van der Waals surface area (Å²) in [5, 5.41) is 0.639. The molecule has 0 fully saturated rings. The zero-order valence-corrected chi connectivity index (χ0v) is 18.0. The van der Waals surface area contributed by atoms with E-state index in [0.717, 1.165) is 11.1 Å². The van der Waals surface area contributed by atoms with Crippen LogP contribution in [0.5, 0.6) is 0 Å². The molecule has 29 heavy (non-hydrogen) atoms. The number of carbonyl (C=O) groups excluding carboxylic acids is 1. The highest BCUT2D eigenvalue weighted by Crippen LogP contribution is 2.23. The predicted octanol–water partition coefficient (Wildman–Crippen LogP) is 5.39. The van der Waals surface area contributed by atoms with Gasteiger partial charge in [-0.3, -0.25) is 9.78 Å². The Balaban J connectivity index is 1.91. The minimum atomic E-state index is -3.03. The quantitative estimate of drug-likeness (QED) is 0.499. The molecule has 1 unspecified atom stereocenters. The van der Waals surface area contributed by atoms with Crippen molar-refractivity contribution in [3.8, 4) is 11.8 Å². The molecule has 3 aromatic rings. The minimum absolute atomic E-state index is 0.198. The first-order valence-corrected chi connectivity index (χ1v) is 11.2. The fourth-order valence-electron chi connectivity index (χ4n) is 2.50. The first kappa shape index (κ1) is 21.1. The topological polar surface area (TPSA) is 59.4 Å². The highest BCUT2D eigenvalue weighted by molar-refractivity contribution is 7.93. The van der Waals surface area contributed by atoms with Gasteiger partial charge >= 0.3 is 0 Å². The van der Waals surface area contributed by atoms with Crippen LogP contribution in [-0.4, -0.2) is 21.4 Å². The number of benzene rings is 2. The van der Waals surface area contributed by atoms with Crippen LogP contribution in [0.3, 0.4) is 0 Å². The average Bonchev–Trinajstić information content (AvgIpc) is 2.65. The van der Waals surface area contributed by atoms with E-state index >= 15 is 0 Å². The van der Waals surface area contributed by atoms with E-state index in [4.69, 9.17) is 23.2 Å². The smallest absolute Gasteiger partial charge is 0.266 e. The molecule has 0 aliphatic heterocycles. The summed E-state index contributed by atoms with van der Waals surface area (Å²) in [6.45, 7) is 1.99. The van der Waals surface area contributed by atoms with Crippen LogP contribution in [0.1, 0.15) is 27.0 Å².